The number of esters is 7. The van der Waals surface area contributed by atoms with Crippen LogP contribution >= 0.6 is 0 Å². The third kappa shape index (κ3) is 12.5. The van der Waals surface area contributed by atoms with E-state index in [-0.39, 0.29) is 5.90 Å². The van der Waals surface area contributed by atoms with Gasteiger partial charge in [-0.2, -0.15) is 0 Å². The van der Waals surface area contributed by atoms with E-state index in [2.05, 4.69) is 10.3 Å². The van der Waals surface area contributed by atoms with E-state index >= 15 is 0 Å². The van der Waals surface area contributed by atoms with E-state index in [1.54, 1.807) is 0 Å². The first kappa shape index (κ1) is 46.7. The zero-order valence-electron chi connectivity index (χ0n) is 34.1. The molecule has 0 bridgehead atoms. The van der Waals surface area contributed by atoms with E-state index in [9.17, 15) is 38.4 Å². The van der Waals surface area contributed by atoms with Gasteiger partial charge in [0.15, 0.2) is 49.0 Å². The first-order valence-electron chi connectivity index (χ1n) is 18.5. The van der Waals surface area contributed by atoms with Crippen molar-refractivity contribution in [2.75, 3.05) is 13.2 Å². The molecule has 1 amide bonds. The summed E-state index contributed by atoms with van der Waals surface area (Å²) in [5.74, 6) is -6.17. The SMILES string of the molecule is CC(=O)N[C@H]1[C@H](O[C@H]2[C@H](O[C@@H]3O[C@@H](C)[C@@H](OC(C)=O)[C@@H](OC(C)=O)[C@@H]3OC(C)=O)[C@H]3N=C(C)O[C@H]3O[C@@H]2COC(C)=O)O[C@H](COC(C)=O)[C@@H](OC(C)=O)[C@@H]1OC(C)=O. The summed E-state index contributed by atoms with van der Waals surface area (Å²) in [7, 11) is 0. The van der Waals surface area contributed by atoms with Crippen molar-refractivity contribution in [3.05, 3.63) is 0 Å². The highest BCUT2D eigenvalue weighted by Crippen LogP contribution is 2.39. The van der Waals surface area contributed by atoms with Gasteiger partial charge in [0.05, 0.1) is 6.10 Å². The van der Waals surface area contributed by atoms with Crippen molar-refractivity contribution in [3.63, 3.8) is 0 Å². The number of amides is 1. The van der Waals surface area contributed by atoms with Gasteiger partial charge in [-0.05, 0) is 6.92 Å². The van der Waals surface area contributed by atoms with Gasteiger partial charge in [-0.1, -0.05) is 0 Å². The van der Waals surface area contributed by atoms with E-state index in [4.69, 9.17) is 61.6 Å². The summed E-state index contributed by atoms with van der Waals surface area (Å²) in [5.41, 5.74) is 0. The monoisotopic (exact) mass is 846 g/mol. The van der Waals surface area contributed by atoms with Gasteiger partial charge < -0.3 is 66.9 Å². The predicted octanol–water partition coefficient (Wildman–Crippen LogP) is -0.942. The van der Waals surface area contributed by atoms with Gasteiger partial charge in [0.25, 0.3) is 0 Å². The maximum absolute atomic E-state index is 12.7. The predicted molar refractivity (Wildman–Crippen MR) is 188 cm³/mol. The average Bonchev–Trinajstić information content (AvgIpc) is 3.48. The lowest BCUT2D eigenvalue weighted by atomic mass is 9.94. The Hall–Kier alpha value is -4.97. The molecule has 0 aromatic carbocycles. The lowest BCUT2D eigenvalue weighted by Gasteiger charge is -2.50. The Bertz CT molecular complexity index is 1640. The topological polar surface area (TPSA) is 281 Å². The fourth-order valence-corrected chi connectivity index (χ4v) is 6.98. The van der Waals surface area contributed by atoms with E-state index < -0.39 is 153 Å². The molecule has 1 N–H and O–H groups in total. The van der Waals surface area contributed by atoms with E-state index in [0.29, 0.717) is 0 Å². The number of carbonyl (C=O) groups excluding carboxylic acids is 8. The summed E-state index contributed by atoms with van der Waals surface area (Å²) >= 11 is 0. The first-order chi connectivity index (χ1) is 27.6. The second-order valence-corrected chi connectivity index (χ2v) is 14.0. The molecule has 4 heterocycles. The second kappa shape index (κ2) is 20.3. The molecule has 15 atom stereocenters. The van der Waals surface area contributed by atoms with Crippen LogP contribution in [0.5, 0.6) is 0 Å². The molecule has 0 unspecified atom stereocenters. The summed E-state index contributed by atoms with van der Waals surface area (Å²) < 4.78 is 75.8. The third-order valence-corrected chi connectivity index (χ3v) is 8.97. The summed E-state index contributed by atoms with van der Waals surface area (Å²) in [5, 5.41) is 2.60. The number of aliphatic imine (C=N–C) groups is 1. The highest BCUT2D eigenvalue weighted by molar-refractivity contribution is 5.75. The molecule has 0 aromatic heterocycles. The standard InChI is InChI=1S/C36H50N2O21/c1-13-27(51-18(6)42)32(54-21(9)45)33(55-22(10)46)36(49-13)59-31-26-34(50-15(3)38-26)56-24(12-48-17(5)41)29(31)58-35-25(37-14(2)39)30(53-20(8)44)28(52-19(7)43)23(57-35)11-47-16(4)40/h13,23-36H,11-12H2,1-10H3,(H,37,39)/t13-,23+,24+,25+,26+,27+,28+,29+,30+,31+,32+,33-,34-,35-,36-/m0/s1. The van der Waals surface area contributed by atoms with E-state index in [1.165, 1.54) is 13.8 Å². The molecule has 0 spiro atoms. The normalized spacial score (nSPS) is 34.9. The van der Waals surface area contributed by atoms with Gasteiger partial charge in [0, 0.05) is 62.3 Å². The zero-order valence-corrected chi connectivity index (χ0v) is 34.1. The Morgan fingerprint density at radius 1 is 0.542 bits per heavy atom. The number of ether oxygens (including phenoxy) is 13. The molecule has 3 fully saturated rings. The van der Waals surface area contributed by atoms with Gasteiger partial charge in [0.2, 0.25) is 12.2 Å². The van der Waals surface area contributed by atoms with Crippen molar-refractivity contribution in [1.29, 1.82) is 0 Å². The Labute approximate surface area is 338 Å². The highest BCUT2D eigenvalue weighted by Gasteiger charge is 2.59. The molecule has 4 aliphatic heterocycles. The van der Waals surface area contributed by atoms with Crippen LogP contribution in [0.3, 0.4) is 0 Å². The minimum atomic E-state index is -1.70. The van der Waals surface area contributed by atoms with Crippen LogP contribution in [0.4, 0.5) is 0 Å². The molecule has 0 aliphatic carbocycles. The fraction of sp³-hybridized carbons (Fsp3) is 0.750. The number of hydrogen-bond acceptors (Lipinski definition) is 22. The number of nitrogens with zero attached hydrogens (tertiary/aromatic N) is 1. The number of nitrogens with one attached hydrogen (secondary N) is 1. The Morgan fingerprint density at radius 3 is 1.54 bits per heavy atom. The molecular weight excluding hydrogens is 796 g/mol. The second-order valence-electron chi connectivity index (χ2n) is 14.0. The quantitative estimate of drug-likeness (QED) is 0.163. The Balaban J connectivity index is 1.86. The van der Waals surface area contributed by atoms with Crippen LogP contribution < -0.4 is 5.32 Å². The molecule has 23 nitrogen and oxygen atoms in total. The first-order valence-corrected chi connectivity index (χ1v) is 18.5. The maximum Gasteiger partial charge on any atom is 0.303 e. The van der Waals surface area contributed by atoms with Crippen LogP contribution in [0.1, 0.15) is 69.2 Å². The molecule has 0 aromatic rings. The van der Waals surface area contributed by atoms with Gasteiger partial charge in [-0.25, -0.2) is 4.99 Å². The zero-order chi connectivity index (χ0) is 43.9. The van der Waals surface area contributed by atoms with Crippen LogP contribution in [0.25, 0.3) is 0 Å². The molecule has 59 heavy (non-hydrogen) atoms. The molecule has 23 heteroatoms. The van der Waals surface area contributed by atoms with Crippen LogP contribution in [0.15, 0.2) is 4.99 Å². The van der Waals surface area contributed by atoms with Gasteiger partial charge in [-0.15, -0.1) is 0 Å². The van der Waals surface area contributed by atoms with Crippen LogP contribution in [0, 0.1) is 0 Å². The molecular formula is C36H50N2O21. The maximum atomic E-state index is 12.7. The minimum Gasteiger partial charge on any atom is -0.463 e. The molecule has 330 valence electrons. The summed E-state index contributed by atoms with van der Waals surface area (Å²) in [6, 6.07) is -2.59. The van der Waals surface area contributed by atoms with Gasteiger partial charge >= 0.3 is 41.8 Å². The van der Waals surface area contributed by atoms with Crippen molar-refractivity contribution in [2.45, 2.75) is 161 Å². The van der Waals surface area contributed by atoms with Crippen molar-refractivity contribution in [3.8, 4) is 0 Å². The van der Waals surface area contributed by atoms with Crippen molar-refractivity contribution in [1.82, 2.24) is 5.32 Å². The number of rotatable bonds is 14. The van der Waals surface area contributed by atoms with E-state index in [0.717, 1.165) is 55.4 Å². The number of fused-ring (bicyclic) bond motifs is 1. The molecule has 4 aliphatic rings. The molecule has 3 saturated heterocycles. The fourth-order valence-electron chi connectivity index (χ4n) is 6.98. The van der Waals surface area contributed by atoms with Crippen LogP contribution in [-0.2, 0) is 99.9 Å². The summed E-state index contributed by atoms with van der Waals surface area (Å²) in [6.45, 7) is 10.8. The van der Waals surface area contributed by atoms with Crippen molar-refractivity contribution >= 4 is 53.6 Å². The Kier molecular flexibility index (Phi) is 16.1. The largest absolute Gasteiger partial charge is 0.463 e. The third-order valence-electron chi connectivity index (χ3n) is 8.97. The highest BCUT2D eigenvalue weighted by atomic mass is 16.8. The summed E-state index contributed by atoms with van der Waals surface area (Å²) in [4.78, 5) is 103. The minimum absolute atomic E-state index is 0.133. The smallest absolute Gasteiger partial charge is 0.303 e. The van der Waals surface area contributed by atoms with Gasteiger partial charge in [-0.3, -0.25) is 38.4 Å². The van der Waals surface area contributed by atoms with E-state index in [1.807, 2.05) is 0 Å². The molecule has 0 saturated carbocycles. The Morgan fingerprint density at radius 2 is 1.02 bits per heavy atom. The lowest BCUT2D eigenvalue weighted by Crippen LogP contribution is -2.69. The van der Waals surface area contributed by atoms with Gasteiger partial charge in [0.1, 0.15) is 49.7 Å². The van der Waals surface area contributed by atoms with Crippen LogP contribution in [0.2, 0.25) is 0 Å². The summed E-state index contributed by atoms with van der Waals surface area (Å²) in [6.07, 6.45) is -18.6. The van der Waals surface area contributed by atoms with Crippen LogP contribution in [-0.4, -0.2) is 159 Å². The van der Waals surface area contributed by atoms with Crippen molar-refractivity contribution < 1.29 is 99.9 Å². The molecule has 4 rings (SSSR count). The van der Waals surface area contributed by atoms with Crippen molar-refractivity contribution in [2.24, 2.45) is 4.99 Å². The number of hydrogen-bond donors (Lipinski definition) is 1. The average molecular weight is 847 g/mol. The lowest BCUT2D eigenvalue weighted by molar-refractivity contribution is -0.358. The molecule has 0 radical (unpaired) electrons. The number of carbonyl (C=O) groups is 8.